The number of carbonyl (C=O) groups excluding carboxylic acids is 2. The molecule has 0 aromatic carbocycles. The van der Waals surface area contributed by atoms with Crippen LogP contribution < -0.4 is 5.73 Å². The predicted octanol–water partition coefficient (Wildman–Crippen LogP) is 10.9. The van der Waals surface area contributed by atoms with E-state index in [1.807, 2.05) is 0 Å². The zero-order valence-electron chi connectivity index (χ0n) is 32.1. The average Bonchev–Trinajstić information content (AvgIpc) is 3.11. The van der Waals surface area contributed by atoms with E-state index in [9.17, 15) is 19.0 Å². The minimum Gasteiger partial charge on any atom is -0.462 e. The molecule has 0 aromatic heterocycles. The normalized spacial score (nSPS) is 14.0. The molecule has 0 aromatic rings. The summed E-state index contributed by atoms with van der Waals surface area (Å²) >= 11 is 0. The molecular formula is C41H72NO8P. The van der Waals surface area contributed by atoms with Crippen LogP contribution in [0.1, 0.15) is 155 Å². The van der Waals surface area contributed by atoms with Crippen molar-refractivity contribution < 1.29 is 37.6 Å². The van der Waals surface area contributed by atoms with E-state index in [0.29, 0.717) is 12.8 Å². The SMILES string of the molecule is CCC=CCC=CCC=CCC=CCCCCC(=O)O[C@H](COC(=O)CCCCCCCC=CCCCCCCCC)COP(=O)(O)OCCN. The lowest BCUT2D eigenvalue weighted by atomic mass is 10.1. The van der Waals surface area contributed by atoms with Crippen LogP contribution in [0.15, 0.2) is 60.8 Å². The first kappa shape index (κ1) is 48.7. The Labute approximate surface area is 310 Å². The molecule has 0 saturated carbocycles. The highest BCUT2D eigenvalue weighted by molar-refractivity contribution is 7.47. The fraction of sp³-hybridized carbons (Fsp3) is 0.707. The molecule has 0 aliphatic carbocycles. The lowest BCUT2D eigenvalue weighted by Gasteiger charge is -2.19. The fourth-order valence-corrected chi connectivity index (χ4v) is 5.74. The van der Waals surface area contributed by atoms with Gasteiger partial charge in [0.25, 0.3) is 0 Å². The minimum atomic E-state index is -4.39. The summed E-state index contributed by atoms with van der Waals surface area (Å²) in [6.45, 7) is 3.53. The van der Waals surface area contributed by atoms with Crippen LogP contribution in [0.5, 0.6) is 0 Å². The molecule has 0 fully saturated rings. The molecular weight excluding hydrogens is 665 g/mol. The van der Waals surface area contributed by atoms with Gasteiger partial charge in [-0.3, -0.25) is 18.6 Å². The second-order valence-electron chi connectivity index (χ2n) is 12.8. The summed E-state index contributed by atoms with van der Waals surface area (Å²) in [5.74, 6) is -0.893. The van der Waals surface area contributed by atoms with E-state index >= 15 is 0 Å². The molecule has 0 amide bonds. The number of esters is 2. The van der Waals surface area contributed by atoms with Crippen LogP contribution in [-0.4, -0.2) is 49.3 Å². The molecule has 3 N–H and O–H groups in total. The quantitative estimate of drug-likeness (QED) is 0.0279. The van der Waals surface area contributed by atoms with Gasteiger partial charge in [-0.05, 0) is 77.0 Å². The van der Waals surface area contributed by atoms with E-state index < -0.39 is 32.5 Å². The number of phosphoric acid groups is 1. The third kappa shape index (κ3) is 37.3. The van der Waals surface area contributed by atoms with E-state index in [4.69, 9.17) is 24.3 Å². The molecule has 0 aliphatic heterocycles. The largest absolute Gasteiger partial charge is 0.472 e. The van der Waals surface area contributed by atoms with Crippen molar-refractivity contribution in [1.29, 1.82) is 0 Å². The highest BCUT2D eigenvalue weighted by atomic mass is 31.2. The molecule has 0 heterocycles. The van der Waals surface area contributed by atoms with Crippen molar-refractivity contribution in [3.63, 3.8) is 0 Å². The van der Waals surface area contributed by atoms with Crippen molar-refractivity contribution in [3.8, 4) is 0 Å². The smallest absolute Gasteiger partial charge is 0.462 e. The van der Waals surface area contributed by atoms with E-state index in [1.165, 1.54) is 44.9 Å². The van der Waals surface area contributed by atoms with Crippen LogP contribution in [0.2, 0.25) is 0 Å². The Bertz CT molecular complexity index is 1020. The van der Waals surface area contributed by atoms with E-state index in [-0.39, 0.29) is 32.6 Å². The van der Waals surface area contributed by atoms with Crippen molar-refractivity contribution in [2.24, 2.45) is 5.73 Å². The highest BCUT2D eigenvalue weighted by Gasteiger charge is 2.25. The number of hydrogen-bond acceptors (Lipinski definition) is 8. The Morgan fingerprint density at radius 3 is 1.67 bits per heavy atom. The molecule has 0 radical (unpaired) electrons. The van der Waals surface area contributed by atoms with Gasteiger partial charge in [0.05, 0.1) is 13.2 Å². The highest BCUT2D eigenvalue weighted by Crippen LogP contribution is 2.43. The Morgan fingerprint density at radius 2 is 1.08 bits per heavy atom. The van der Waals surface area contributed by atoms with Crippen molar-refractivity contribution in [2.75, 3.05) is 26.4 Å². The summed E-state index contributed by atoms with van der Waals surface area (Å²) in [6.07, 6.45) is 42.5. The number of phosphoric ester groups is 1. The minimum absolute atomic E-state index is 0.0429. The summed E-state index contributed by atoms with van der Waals surface area (Å²) in [4.78, 5) is 34.7. The van der Waals surface area contributed by atoms with Crippen LogP contribution in [0, 0.1) is 0 Å². The molecule has 0 spiro atoms. The maximum atomic E-state index is 12.5. The Kier molecular flexibility index (Phi) is 35.8. The Morgan fingerprint density at radius 1 is 0.608 bits per heavy atom. The van der Waals surface area contributed by atoms with E-state index in [0.717, 1.165) is 70.6 Å². The van der Waals surface area contributed by atoms with Gasteiger partial charge in [0, 0.05) is 19.4 Å². The van der Waals surface area contributed by atoms with E-state index in [2.05, 4.69) is 74.6 Å². The lowest BCUT2D eigenvalue weighted by Crippen LogP contribution is -2.29. The maximum Gasteiger partial charge on any atom is 0.472 e. The number of rotatable bonds is 36. The monoisotopic (exact) mass is 737 g/mol. The first-order chi connectivity index (χ1) is 24.8. The summed E-state index contributed by atoms with van der Waals surface area (Å²) in [7, 11) is -4.39. The second-order valence-corrected chi connectivity index (χ2v) is 14.2. The van der Waals surface area contributed by atoms with Crippen LogP contribution >= 0.6 is 7.82 Å². The standard InChI is InChI=1S/C41H72NO8P/c1-3-5-7-9-11-13-15-17-19-21-23-25-27-29-31-33-40(43)47-37-39(38-49-51(45,46)48-36-35-42)50-41(44)34-32-30-28-26-24-22-20-18-16-14-12-10-8-6-4-2/h6,8,12,14,17-20,24,26,39H,3-5,7,9-11,13,15-16,21-23,25,27-38,42H2,1-2H3,(H,45,46)/t39-/m1/s1. The molecule has 0 rings (SSSR count). The number of hydrogen-bond donors (Lipinski definition) is 2. The van der Waals surface area contributed by atoms with Gasteiger partial charge in [-0.25, -0.2) is 4.57 Å². The van der Waals surface area contributed by atoms with Crippen LogP contribution in [0.25, 0.3) is 0 Å². The van der Waals surface area contributed by atoms with Gasteiger partial charge in [-0.1, -0.05) is 126 Å². The first-order valence-corrected chi connectivity index (χ1v) is 21.3. The molecule has 1 unspecified atom stereocenters. The number of allylic oxidation sites excluding steroid dienone is 10. The van der Waals surface area contributed by atoms with Crippen LogP contribution in [-0.2, 0) is 32.7 Å². The Hall–Kier alpha value is -2.29. The van der Waals surface area contributed by atoms with Gasteiger partial charge >= 0.3 is 19.8 Å². The second kappa shape index (κ2) is 37.5. The molecule has 10 heteroatoms. The summed E-state index contributed by atoms with van der Waals surface area (Å²) in [6, 6.07) is 0. The topological polar surface area (TPSA) is 134 Å². The summed E-state index contributed by atoms with van der Waals surface area (Å²) in [5.41, 5.74) is 5.33. The maximum absolute atomic E-state index is 12.5. The molecule has 9 nitrogen and oxygen atoms in total. The van der Waals surface area contributed by atoms with Crippen LogP contribution in [0.4, 0.5) is 0 Å². The molecule has 51 heavy (non-hydrogen) atoms. The molecule has 0 saturated heterocycles. The van der Waals surface area contributed by atoms with E-state index in [1.54, 1.807) is 0 Å². The van der Waals surface area contributed by atoms with Gasteiger partial charge < -0.3 is 20.1 Å². The van der Waals surface area contributed by atoms with Gasteiger partial charge in [0.15, 0.2) is 6.10 Å². The molecule has 2 atom stereocenters. The van der Waals surface area contributed by atoms with Crippen molar-refractivity contribution in [2.45, 2.75) is 161 Å². The zero-order chi connectivity index (χ0) is 37.5. The summed E-state index contributed by atoms with van der Waals surface area (Å²) in [5, 5.41) is 0. The zero-order valence-corrected chi connectivity index (χ0v) is 33.0. The number of nitrogens with two attached hydrogens (primary N) is 1. The number of ether oxygens (including phenoxy) is 2. The number of carbonyl (C=O) groups is 2. The van der Waals surface area contributed by atoms with Gasteiger partial charge in [-0.15, -0.1) is 0 Å². The van der Waals surface area contributed by atoms with Crippen LogP contribution in [0.3, 0.4) is 0 Å². The lowest BCUT2D eigenvalue weighted by molar-refractivity contribution is -0.161. The third-order valence-corrected chi connectivity index (χ3v) is 8.87. The molecule has 0 bridgehead atoms. The third-order valence-electron chi connectivity index (χ3n) is 7.89. The average molecular weight is 738 g/mol. The fourth-order valence-electron chi connectivity index (χ4n) is 4.97. The van der Waals surface area contributed by atoms with Gasteiger partial charge in [0.1, 0.15) is 6.61 Å². The molecule has 0 aliphatic rings. The van der Waals surface area contributed by atoms with Gasteiger partial charge in [0.2, 0.25) is 0 Å². The predicted molar refractivity (Wildman–Crippen MR) is 210 cm³/mol. The number of unbranched alkanes of at least 4 members (excludes halogenated alkanes) is 13. The Balaban J connectivity index is 4.30. The van der Waals surface area contributed by atoms with Gasteiger partial charge in [-0.2, -0.15) is 0 Å². The van der Waals surface area contributed by atoms with Crippen molar-refractivity contribution in [3.05, 3.63) is 60.8 Å². The van der Waals surface area contributed by atoms with Crippen molar-refractivity contribution in [1.82, 2.24) is 0 Å². The molecule has 294 valence electrons. The summed E-state index contributed by atoms with van der Waals surface area (Å²) < 4.78 is 32.6. The van der Waals surface area contributed by atoms with Crippen molar-refractivity contribution >= 4 is 19.8 Å². The first-order valence-electron chi connectivity index (χ1n) is 19.8.